The van der Waals surface area contributed by atoms with Gasteiger partial charge in [-0.05, 0) is 42.5 Å². The number of carboxylic acid groups (broad SMARTS) is 1. The second-order valence-electron chi connectivity index (χ2n) is 4.18. The van der Waals surface area contributed by atoms with Gasteiger partial charge in [0.05, 0.1) is 12.5 Å². The summed E-state index contributed by atoms with van der Waals surface area (Å²) in [6, 6.07) is 11.2. The predicted octanol–water partition coefficient (Wildman–Crippen LogP) is 3.56. The molecule has 1 N–H and O–H groups in total. The Balaban J connectivity index is 2.23. The Kier molecular flexibility index (Phi) is 4.58. The summed E-state index contributed by atoms with van der Waals surface area (Å²) in [5.41, 5.74) is 0.784. The Morgan fingerprint density at radius 2 is 2.21 bits per heavy atom. The van der Waals surface area contributed by atoms with Crippen molar-refractivity contribution in [2.45, 2.75) is 19.3 Å². The SMILES string of the molecule is CCOc1cccc(C(Cc2cccs2)C(=O)O)c1. The number of ether oxygens (including phenoxy) is 1. The van der Waals surface area contributed by atoms with Crippen LogP contribution in [0.3, 0.4) is 0 Å². The van der Waals surface area contributed by atoms with Crippen molar-refractivity contribution >= 4 is 17.3 Å². The normalized spacial score (nSPS) is 12.1. The van der Waals surface area contributed by atoms with Gasteiger partial charge in [-0.15, -0.1) is 11.3 Å². The third-order valence-corrected chi connectivity index (χ3v) is 3.75. The summed E-state index contributed by atoms with van der Waals surface area (Å²) in [6.45, 7) is 2.49. The van der Waals surface area contributed by atoms with Gasteiger partial charge in [0, 0.05) is 4.88 Å². The molecule has 1 atom stereocenters. The summed E-state index contributed by atoms with van der Waals surface area (Å²) in [5.74, 6) is -0.612. The number of benzene rings is 1. The average molecular weight is 276 g/mol. The Morgan fingerprint density at radius 3 is 2.84 bits per heavy atom. The highest BCUT2D eigenvalue weighted by atomic mass is 32.1. The van der Waals surface area contributed by atoms with Gasteiger partial charge >= 0.3 is 5.97 Å². The lowest BCUT2D eigenvalue weighted by atomic mass is 9.95. The van der Waals surface area contributed by atoms with E-state index in [2.05, 4.69) is 0 Å². The lowest BCUT2D eigenvalue weighted by Gasteiger charge is -2.13. The van der Waals surface area contributed by atoms with E-state index in [9.17, 15) is 9.90 Å². The molecule has 0 saturated carbocycles. The molecule has 2 rings (SSSR count). The van der Waals surface area contributed by atoms with Gasteiger partial charge in [0.25, 0.3) is 0 Å². The number of carboxylic acids is 1. The average Bonchev–Trinajstić information content (AvgIpc) is 2.89. The molecule has 0 amide bonds. The Morgan fingerprint density at radius 1 is 1.37 bits per heavy atom. The highest BCUT2D eigenvalue weighted by Crippen LogP contribution is 2.26. The molecular formula is C15H16O3S. The molecule has 1 unspecified atom stereocenters. The molecule has 4 heteroatoms. The Labute approximate surface area is 116 Å². The van der Waals surface area contributed by atoms with Crippen LogP contribution in [0.25, 0.3) is 0 Å². The highest BCUT2D eigenvalue weighted by molar-refractivity contribution is 7.09. The Bertz CT molecular complexity index is 534. The molecule has 0 saturated heterocycles. The van der Waals surface area contributed by atoms with Gasteiger partial charge in [-0.2, -0.15) is 0 Å². The highest BCUT2D eigenvalue weighted by Gasteiger charge is 2.21. The Hall–Kier alpha value is -1.81. The van der Waals surface area contributed by atoms with Gasteiger partial charge in [-0.25, -0.2) is 0 Å². The lowest BCUT2D eigenvalue weighted by Crippen LogP contribution is -2.14. The van der Waals surface area contributed by atoms with Crippen LogP contribution in [0.4, 0.5) is 0 Å². The summed E-state index contributed by atoms with van der Waals surface area (Å²) in [6.07, 6.45) is 0.516. The molecule has 0 radical (unpaired) electrons. The topological polar surface area (TPSA) is 46.5 Å². The van der Waals surface area contributed by atoms with Crippen LogP contribution in [0.1, 0.15) is 23.3 Å². The van der Waals surface area contributed by atoms with E-state index in [1.165, 1.54) is 0 Å². The quantitative estimate of drug-likeness (QED) is 0.877. The number of rotatable bonds is 6. The van der Waals surface area contributed by atoms with Gasteiger partial charge < -0.3 is 9.84 Å². The first-order chi connectivity index (χ1) is 9.20. The van der Waals surface area contributed by atoms with E-state index in [1.807, 2.05) is 48.7 Å². The van der Waals surface area contributed by atoms with E-state index in [4.69, 9.17) is 4.74 Å². The monoisotopic (exact) mass is 276 g/mol. The molecular weight excluding hydrogens is 260 g/mol. The largest absolute Gasteiger partial charge is 0.494 e. The maximum Gasteiger partial charge on any atom is 0.311 e. The van der Waals surface area contributed by atoms with Crippen molar-refractivity contribution in [2.75, 3.05) is 6.61 Å². The molecule has 0 bridgehead atoms. The van der Waals surface area contributed by atoms with E-state index in [0.717, 1.165) is 16.2 Å². The van der Waals surface area contributed by atoms with Crippen molar-refractivity contribution < 1.29 is 14.6 Å². The first kappa shape index (κ1) is 13.6. The summed E-state index contributed by atoms with van der Waals surface area (Å²) in [4.78, 5) is 12.5. The van der Waals surface area contributed by atoms with Crippen molar-refractivity contribution in [3.05, 3.63) is 52.2 Å². The zero-order chi connectivity index (χ0) is 13.7. The predicted molar refractivity (Wildman–Crippen MR) is 76.0 cm³/mol. The van der Waals surface area contributed by atoms with Gasteiger partial charge in [0.15, 0.2) is 0 Å². The summed E-state index contributed by atoms with van der Waals surface area (Å²) < 4.78 is 5.42. The number of aliphatic carboxylic acids is 1. The molecule has 19 heavy (non-hydrogen) atoms. The number of hydrogen-bond donors (Lipinski definition) is 1. The molecule has 1 aromatic carbocycles. The minimum Gasteiger partial charge on any atom is -0.494 e. The van der Waals surface area contributed by atoms with Gasteiger partial charge in [-0.3, -0.25) is 4.79 Å². The molecule has 0 aliphatic rings. The molecule has 1 heterocycles. The molecule has 0 aliphatic carbocycles. The zero-order valence-electron chi connectivity index (χ0n) is 10.7. The molecule has 2 aromatic rings. The first-order valence-electron chi connectivity index (χ1n) is 6.18. The van der Waals surface area contributed by atoms with Crippen LogP contribution in [0.15, 0.2) is 41.8 Å². The molecule has 100 valence electrons. The lowest BCUT2D eigenvalue weighted by molar-refractivity contribution is -0.138. The van der Waals surface area contributed by atoms with E-state index in [-0.39, 0.29) is 0 Å². The summed E-state index contributed by atoms with van der Waals surface area (Å²) in [5, 5.41) is 11.4. The van der Waals surface area contributed by atoms with Crippen LogP contribution in [0.5, 0.6) is 5.75 Å². The fraction of sp³-hybridized carbons (Fsp3) is 0.267. The van der Waals surface area contributed by atoms with Gasteiger partial charge in [0.2, 0.25) is 0 Å². The fourth-order valence-electron chi connectivity index (χ4n) is 1.97. The smallest absolute Gasteiger partial charge is 0.311 e. The van der Waals surface area contributed by atoms with Crippen LogP contribution in [0.2, 0.25) is 0 Å². The van der Waals surface area contributed by atoms with Crippen molar-refractivity contribution in [3.63, 3.8) is 0 Å². The maximum absolute atomic E-state index is 11.5. The van der Waals surface area contributed by atoms with Crippen molar-refractivity contribution in [1.82, 2.24) is 0 Å². The second-order valence-corrected chi connectivity index (χ2v) is 5.21. The van der Waals surface area contributed by atoms with E-state index in [0.29, 0.717) is 13.0 Å². The van der Waals surface area contributed by atoms with Gasteiger partial charge in [0.1, 0.15) is 5.75 Å². The van der Waals surface area contributed by atoms with Gasteiger partial charge in [-0.1, -0.05) is 18.2 Å². The maximum atomic E-state index is 11.5. The summed E-state index contributed by atoms with van der Waals surface area (Å²) in [7, 11) is 0. The van der Waals surface area contributed by atoms with Crippen molar-refractivity contribution in [2.24, 2.45) is 0 Å². The minimum atomic E-state index is -0.804. The van der Waals surface area contributed by atoms with Crippen molar-refractivity contribution in [1.29, 1.82) is 0 Å². The minimum absolute atomic E-state index is 0.516. The standard InChI is InChI=1S/C15H16O3S/c1-2-18-12-6-3-5-11(9-12)14(15(16)17)10-13-7-4-8-19-13/h3-9,14H,2,10H2,1H3,(H,16,17). The fourth-order valence-corrected chi connectivity index (χ4v) is 2.72. The molecule has 0 fully saturated rings. The van der Waals surface area contributed by atoms with Crippen molar-refractivity contribution in [3.8, 4) is 5.75 Å². The van der Waals surface area contributed by atoms with Crippen LogP contribution in [-0.4, -0.2) is 17.7 Å². The number of hydrogen-bond acceptors (Lipinski definition) is 3. The molecule has 0 aliphatic heterocycles. The number of thiophene rings is 1. The number of carbonyl (C=O) groups is 1. The molecule has 3 nitrogen and oxygen atoms in total. The summed E-state index contributed by atoms with van der Waals surface area (Å²) >= 11 is 1.58. The van der Waals surface area contributed by atoms with E-state index in [1.54, 1.807) is 11.3 Å². The van der Waals surface area contributed by atoms with E-state index >= 15 is 0 Å². The van der Waals surface area contributed by atoms with Crippen LogP contribution < -0.4 is 4.74 Å². The molecule has 0 spiro atoms. The third-order valence-electron chi connectivity index (χ3n) is 2.85. The van der Waals surface area contributed by atoms with Crippen LogP contribution in [0, 0.1) is 0 Å². The second kappa shape index (κ2) is 6.38. The van der Waals surface area contributed by atoms with Crippen LogP contribution in [-0.2, 0) is 11.2 Å². The molecule has 1 aromatic heterocycles. The van der Waals surface area contributed by atoms with E-state index < -0.39 is 11.9 Å². The first-order valence-corrected chi connectivity index (χ1v) is 7.06. The van der Waals surface area contributed by atoms with Crippen LogP contribution >= 0.6 is 11.3 Å². The zero-order valence-corrected chi connectivity index (χ0v) is 11.5. The third kappa shape index (κ3) is 3.58.